The summed E-state index contributed by atoms with van der Waals surface area (Å²) in [7, 11) is 0. The molecule has 0 aliphatic carbocycles. The van der Waals surface area contributed by atoms with Gasteiger partial charge in [0.2, 0.25) is 0 Å². The van der Waals surface area contributed by atoms with Gasteiger partial charge in [0.1, 0.15) is 5.82 Å². The third-order valence-electron chi connectivity index (χ3n) is 5.17. The van der Waals surface area contributed by atoms with E-state index in [0.29, 0.717) is 5.92 Å². The summed E-state index contributed by atoms with van der Waals surface area (Å²) in [4.78, 5) is 25.7. The maximum atomic E-state index is 12.8. The van der Waals surface area contributed by atoms with Gasteiger partial charge in [-0.2, -0.15) is 0 Å². The molecule has 1 aliphatic rings. The van der Waals surface area contributed by atoms with Gasteiger partial charge in [0, 0.05) is 54.4 Å². The van der Waals surface area contributed by atoms with Gasteiger partial charge in [-0.15, -0.1) is 11.3 Å². The van der Waals surface area contributed by atoms with Gasteiger partial charge >= 0.3 is 0 Å². The van der Waals surface area contributed by atoms with Crippen LogP contribution in [0.1, 0.15) is 33.1 Å². The van der Waals surface area contributed by atoms with E-state index in [4.69, 9.17) is 0 Å². The van der Waals surface area contributed by atoms with Crippen molar-refractivity contribution in [3.63, 3.8) is 0 Å². The Morgan fingerprint density at radius 2 is 2.15 bits per heavy atom. The Labute approximate surface area is 163 Å². The number of piperidine rings is 1. The summed E-state index contributed by atoms with van der Waals surface area (Å²) in [6, 6.07) is 7.95. The van der Waals surface area contributed by atoms with Crippen LogP contribution in [0.15, 0.2) is 42.9 Å². The SMILES string of the molecule is Cc1ccc(C(=O)N2CCCC(Cn3c(C)cnc3-c3cccnc3)C2)s1. The van der Waals surface area contributed by atoms with E-state index in [-0.39, 0.29) is 5.91 Å². The fourth-order valence-corrected chi connectivity index (χ4v) is 4.61. The second-order valence-electron chi connectivity index (χ2n) is 7.25. The minimum absolute atomic E-state index is 0.174. The minimum atomic E-state index is 0.174. The Balaban J connectivity index is 1.50. The average molecular weight is 381 g/mol. The number of rotatable bonds is 4. The lowest BCUT2D eigenvalue weighted by atomic mass is 9.97. The van der Waals surface area contributed by atoms with Crippen molar-refractivity contribution in [1.29, 1.82) is 0 Å². The lowest BCUT2D eigenvalue weighted by Crippen LogP contribution is -2.41. The number of nitrogens with zero attached hydrogens (tertiary/aromatic N) is 4. The molecule has 4 heterocycles. The molecule has 140 valence electrons. The van der Waals surface area contributed by atoms with Crippen LogP contribution in [0.3, 0.4) is 0 Å². The van der Waals surface area contributed by atoms with Gasteiger partial charge in [0.25, 0.3) is 5.91 Å². The molecule has 0 radical (unpaired) electrons. The van der Waals surface area contributed by atoms with Crippen LogP contribution < -0.4 is 0 Å². The molecular formula is C21H24N4OS. The highest BCUT2D eigenvalue weighted by molar-refractivity contribution is 7.13. The Morgan fingerprint density at radius 3 is 2.89 bits per heavy atom. The maximum absolute atomic E-state index is 12.8. The van der Waals surface area contributed by atoms with Crippen molar-refractivity contribution in [2.24, 2.45) is 5.92 Å². The van der Waals surface area contributed by atoms with Crippen LogP contribution in [0.5, 0.6) is 0 Å². The van der Waals surface area contributed by atoms with Gasteiger partial charge in [-0.05, 0) is 56.9 Å². The highest BCUT2D eigenvalue weighted by Gasteiger charge is 2.26. The lowest BCUT2D eigenvalue weighted by molar-refractivity contribution is 0.0667. The number of thiophene rings is 1. The molecular weight excluding hydrogens is 356 g/mol. The molecule has 5 nitrogen and oxygen atoms in total. The van der Waals surface area contributed by atoms with E-state index in [1.165, 1.54) is 4.88 Å². The molecule has 0 N–H and O–H groups in total. The molecule has 0 spiro atoms. The van der Waals surface area contributed by atoms with E-state index < -0.39 is 0 Å². The lowest BCUT2D eigenvalue weighted by Gasteiger charge is -2.33. The van der Waals surface area contributed by atoms with Crippen molar-refractivity contribution >= 4 is 17.2 Å². The van der Waals surface area contributed by atoms with Crippen LogP contribution >= 0.6 is 11.3 Å². The molecule has 1 atom stereocenters. The topological polar surface area (TPSA) is 51.0 Å². The third kappa shape index (κ3) is 3.81. The van der Waals surface area contributed by atoms with Crippen LogP contribution in [0.2, 0.25) is 0 Å². The fraction of sp³-hybridized carbons (Fsp3) is 0.381. The number of pyridine rings is 1. The first-order chi connectivity index (χ1) is 13.1. The maximum Gasteiger partial charge on any atom is 0.263 e. The first-order valence-corrected chi connectivity index (χ1v) is 10.2. The minimum Gasteiger partial charge on any atom is -0.338 e. The smallest absolute Gasteiger partial charge is 0.263 e. The zero-order valence-electron chi connectivity index (χ0n) is 15.8. The summed E-state index contributed by atoms with van der Waals surface area (Å²) in [5, 5.41) is 0. The number of carbonyl (C=O) groups excluding carboxylic acids is 1. The summed E-state index contributed by atoms with van der Waals surface area (Å²) >= 11 is 1.58. The Bertz CT molecular complexity index is 931. The van der Waals surface area contributed by atoms with Crippen molar-refractivity contribution < 1.29 is 4.79 Å². The average Bonchev–Trinajstić information content (AvgIpc) is 3.28. The van der Waals surface area contributed by atoms with Crippen molar-refractivity contribution in [1.82, 2.24) is 19.4 Å². The zero-order valence-corrected chi connectivity index (χ0v) is 16.6. The second kappa shape index (κ2) is 7.64. The molecule has 27 heavy (non-hydrogen) atoms. The number of hydrogen-bond donors (Lipinski definition) is 0. The molecule has 1 fully saturated rings. The number of hydrogen-bond acceptors (Lipinski definition) is 4. The van der Waals surface area contributed by atoms with E-state index in [1.54, 1.807) is 17.5 Å². The fourth-order valence-electron chi connectivity index (χ4n) is 3.78. The summed E-state index contributed by atoms with van der Waals surface area (Å²) in [6.45, 7) is 6.67. The first-order valence-electron chi connectivity index (χ1n) is 9.40. The standard InChI is InChI=1S/C21H24N4OS/c1-15-11-23-20(18-6-3-9-22-12-18)25(15)14-17-5-4-10-24(13-17)21(26)19-8-7-16(2)27-19/h3,6-9,11-12,17H,4-5,10,13-14H2,1-2H3. The number of amides is 1. The molecule has 6 heteroatoms. The van der Waals surface area contributed by atoms with E-state index in [2.05, 4.69) is 21.5 Å². The highest BCUT2D eigenvalue weighted by Crippen LogP contribution is 2.26. The van der Waals surface area contributed by atoms with Gasteiger partial charge in [-0.3, -0.25) is 9.78 Å². The summed E-state index contributed by atoms with van der Waals surface area (Å²) < 4.78 is 2.27. The Hall–Kier alpha value is -2.47. The number of carbonyl (C=O) groups is 1. The predicted molar refractivity (Wildman–Crippen MR) is 108 cm³/mol. The van der Waals surface area contributed by atoms with Crippen molar-refractivity contribution in [2.75, 3.05) is 13.1 Å². The van der Waals surface area contributed by atoms with Crippen LogP contribution in [-0.2, 0) is 6.54 Å². The largest absolute Gasteiger partial charge is 0.338 e. The molecule has 3 aromatic rings. The van der Waals surface area contributed by atoms with Crippen LogP contribution in [0, 0.1) is 19.8 Å². The summed E-state index contributed by atoms with van der Waals surface area (Å²) in [6.07, 6.45) is 7.74. The number of aryl methyl sites for hydroxylation is 2. The Kier molecular flexibility index (Phi) is 5.07. The molecule has 1 unspecified atom stereocenters. The second-order valence-corrected chi connectivity index (χ2v) is 8.53. The molecule has 0 bridgehead atoms. The monoisotopic (exact) mass is 380 g/mol. The molecule has 4 rings (SSSR count). The highest BCUT2D eigenvalue weighted by atomic mass is 32.1. The first kappa shape index (κ1) is 17.9. The van der Waals surface area contributed by atoms with Crippen molar-refractivity contribution in [3.05, 3.63) is 58.3 Å². The summed E-state index contributed by atoms with van der Waals surface area (Å²) in [5.74, 6) is 1.57. The van der Waals surface area contributed by atoms with Gasteiger partial charge in [-0.1, -0.05) is 0 Å². The quantitative estimate of drug-likeness (QED) is 0.682. The van der Waals surface area contributed by atoms with Gasteiger partial charge < -0.3 is 9.47 Å². The van der Waals surface area contributed by atoms with E-state index in [1.807, 2.05) is 48.5 Å². The van der Waals surface area contributed by atoms with Crippen molar-refractivity contribution in [2.45, 2.75) is 33.2 Å². The van der Waals surface area contributed by atoms with Gasteiger partial charge in [0.05, 0.1) is 4.88 Å². The number of imidazole rings is 1. The molecule has 1 amide bonds. The van der Waals surface area contributed by atoms with E-state index >= 15 is 0 Å². The number of aromatic nitrogens is 3. The normalized spacial score (nSPS) is 17.3. The van der Waals surface area contributed by atoms with E-state index in [0.717, 1.165) is 54.4 Å². The van der Waals surface area contributed by atoms with Crippen LogP contribution in [-0.4, -0.2) is 38.4 Å². The van der Waals surface area contributed by atoms with Gasteiger partial charge in [-0.25, -0.2) is 4.98 Å². The molecule has 3 aromatic heterocycles. The van der Waals surface area contributed by atoms with Crippen molar-refractivity contribution in [3.8, 4) is 11.4 Å². The van der Waals surface area contributed by atoms with Crippen LogP contribution in [0.25, 0.3) is 11.4 Å². The van der Waals surface area contributed by atoms with Crippen LogP contribution in [0.4, 0.5) is 0 Å². The molecule has 0 aromatic carbocycles. The number of likely N-dealkylation sites (tertiary alicyclic amines) is 1. The van der Waals surface area contributed by atoms with Gasteiger partial charge in [0.15, 0.2) is 0 Å². The van der Waals surface area contributed by atoms with E-state index in [9.17, 15) is 4.79 Å². The molecule has 1 aliphatic heterocycles. The summed E-state index contributed by atoms with van der Waals surface area (Å²) in [5.41, 5.74) is 2.18. The molecule has 0 saturated carbocycles. The molecule has 1 saturated heterocycles. The third-order valence-corrected chi connectivity index (χ3v) is 6.16. The zero-order chi connectivity index (χ0) is 18.8. The predicted octanol–water partition coefficient (Wildman–Crippen LogP) is 4.18. The Morgan fingerprint density at radius 1 is 1.26 bits per heavy atom.